The SMILES string of the molecule is CC(C)(C)c1ccc(-c2ccc3c(c2)B2c4cc(-c5ccc(C(C)(C)C)cc5)ccc4N(c4ccc5c(c4)oc4ccccc45)c4cc(-n5c6ccccc6c6ccccc65)cc(c42)N3c2ccc(-c3ccc4c(c3)C(C)(C)CC4(C)C)cc2)cc1. The number of anilines is 6. The molecule has 1 aliphatic carbocycles. The molecule has 418 valence electrons. The largest absolute Gasteiger partial charge is 0.456 e. The third-order valence-corrected chi connectivity index (χ3v) is 19.5. The van der Waals surface area contributed by atoms with E-state index >= 15 is 0 Å². The fourth-order valence-corrected chi connectivity index (χ4v) is 15.4. The third kappa shape index (κ3) is 8.10. The zero-order chi connectivity index (χ0) is 58.8. The number of benzene rings is 11. The van der Waals surface area contributed by atoms with Gasteiger partial charge in [0.25, 0.3) is 6.71 Å². The van der Waals surface area contributed by atoms with Crippen molar-refractivity contribution in [1.82, 2.24) is 4.57 Å². The van der Waals surface area contributed by atoms with Gasteiger partial charge in [-0.3, -0.25) is 0 Å². The lowest BCUT2D eigenvalue weighted by Gasteiger charge is -2.44. The van der Waals surface area contributed by atoms with Crippen LogP contribution in [0.4, 0.5) is 34.1 Å². The van der Waals surface area contributed by atoms with Gasteiger partial charge in [0.2, 0.25) is 0 Å². The Balaban J connectivity index is 0.986. The van der Waals surface area contributed by atoms with Crippen LogP contribution >= 0.6 is 0 Å². The van der Waals surface area contributed by atoms with Crippen molar-refractivity contribution in [3.63, 3.8) is 0 Å². The summed E-state index contributed by atoms with van der Waals surface area (Å²) in [6, 6.07) is 87.7. The molecular formula is C81H70BN3O. The van der Waals surface area contributed by atoms with Crippen LogP contribution in [-0.4, -0.2) is 11.3 Å². The predicted molar refractivity (Wildman–Crippen MR) is 366 cm³/mol. The van der Waals surface area contributed by atoms with Crippen LogP contribution in [0.2, 0.25) is 0 Å². The Kier molecular flexibility index (Phi) is 11.3. The van der Waals surface area contributed by atoms with Crippen LogP contribution in [0.5, 0.6) is 0 Å². The fraction of sp³-hybridized carbons (Fsp3) is 0.185. The second-order valence-electron chi connectivity index (χ2n) is 28.1. The van der Waals surface area contributed by atoms with Gasteiger partial charge in [-0.25, -0.2) is 0 Å². The number of fused-ring (bicyclic) bond motifs is 11. The molecule has 0 unspecified atom stereocenters. The Labute approximate surface area is 506 Å². The molecule has 0 saturated heterocycles. The van der Waals surface area contributed by atoms with Crippen LogP contribution in [-0.2, 0) is 21.7 Å². The van der Waals surface area contributed by atoms with Crippen molar-refractivity contribution in [2.24, 2.45) is 0 Å². The van der Waals surface area contributed by atoms with Crippen molar-refractivity contribution in [2.75, 3.05) is 9.80 Å². The number of aromatic nitrogens is 1. The summed E-state index contributed by atoms with van der Waals surface area (Å²) >= 11 is 0. The summed E-state index contributed by atoms with van der Waals surface area (Å²) in [5.41, 5.74) is 28.8. The Morgan fingerprint density at radius 2 is 0.802 bits per heavy atom. The van der Waals surface area contributed by atoms with Gasteiger partial charge in [-0.15, -0.1) is 0 Å². The molecule has 0 saturated carbocycles. The zero-order valence-corrected chi connectivity index (χ0v) is 51.0. The molecule has 3 aliphatic rings. The molecule has 0 atom stereocenters. The molecule has 0 bridgehead atoms. The molecule has 4 heterocycles. The van der Waals surface area contributed by atoms with Gasteiger partial charge in [-0.1, -0.05) is 227 Å². The smallest absolute Gasteiger partial charge is 0.252 e. The summed E-state index contributed by atoms with van der Waals surface area (Å²) in [6.45, 7) is 23.2. The summed E-state index contributed by atoms with van der Waals surface area (Å²) < 4.78 is 9.27. The summed E-state index contributed by atoms with van der Waals surface area (Å²) in [5, 5.41) is 4.68. The Morgan fingerprint density at radius 1 is 0.360 bits per heavy atom. The van der Waals surface area contributed by atoms with Crippen molar-refractivity contribution in [2.45, 2.75) is 97.3 Å². The predicted octanol–water partition coefficient (Wildman–Crippen LogP) is 20.3. The molecule has 13 aromatic rings. The number of furan rings is 1. The van der Waals surface area contributed by atoms with E-state index in [0.29, 0.717) is 0 Å². The molecule has 11 aromatic carbocycles. The summed E-state index contributed by atoms with van der Waals surface area (Å²) in [4.78, 5) is 5.12. The number of nitrogens with zero attached hydrogens (tertiary/aromatic N) is 3. The van der Waals surface area contributed by atoms with E-state index in [1.54, 1.807) is 0 Å². The molecule has 5 heteroatoms. The maximum Gasteiger partial charge on any atom is 0.252 e. The lowest BCUT2D eigenvalue weighted by molar-refractivity contribution is 0.403. The minimum absolute atomic E-state index is 0.0347. The number of para-hydroxylation sites is 3. The highest BCUT2D eigenvalue weighted by Crippen LogP contribution is 2.52. The van der Waals surface area contributed by atoms with Crippen LogP contribution in [0.1, 0.15) is 97.9 Å². The van der Waals surface area contributed by atoms with Crippen LogP contribution in [0.15, 0.2) is 235 Å². The van der Waals surface area contributed by atoms with Crippen LogP contribution in [0.25, 0.3) is 82.8 Å². The number of hydrogen-bond donors (Lipinski definition) is 0. The molecule has 0 fully saturated rings. The third-order valence-electron chi connectivity index (χ3n) is 19.5. The average Bonchev–Trinajstić information content (AvgIpc) is 0.789. The molecule has 0 amide bonds. The van der Waals surface area contributed by atoms with Gasteiger partial charge in [0.05, 0.1) is 16.7 Å². The first-order valence-electron chi connectivity index (χ1n) is 30.8. The van der Waals surface area contributed by atoms with Gasteiger partial charge >= 0.3 is 0 Å². The molecule has 16 rings (SSSR count). The zero-order valence-electron chi connectivity index (χ0n) is 51.0. The molecule has 2 aliphatic heterocycles. The highest BCUT2D eigenvalue weighted by Gasteiger charge is 2.45. The van der Waals surface area contributed by atoms with E-state index in [1.165, 1.54) is 99.5 Å². The van der Waals surface area contributed by atoms with Crippen LogP contribution < -0.4 is 26.2 Å². The molecule has 0 N–H and O–H groups in total. The van der Waals surface area contributed by atoms with Crippen molar-refractivity contribution >= 4 is 101 Å². The molecule has 4 nitrogen and oxygen atoms in total. The van der Waals surface area contributed by atoms with Crippen molar-refractivity contribution in [3.8, 4) is 39.1 Å². The quantitative estimate of drug-likeness (QED) is 0.155. The number of hydrogen-bond acceptors (Lipinski definition) is 3. The van der Waals surface area contributed by atoms with Gasteiger partial charge in [-0.2, -0.15) is 0 Å². The minimum atomic E-state index is -0.152. The second-order valence-corrected chi connectivity index (χ2v) is 28.1. The topological polar surface area (TPSA) is 24.6 Å². The summed E-state index contributed by atoms with van der Waals surface area (Å²) in [7, 11) is 0. The van der Waals surface area contributed by atoms with Crippen LogP contribution in [0, 0.1) is 0 Å². The fourth-order valence-electron chi connectivity index (χ4n) is 15.4. The maximum absolute atomic E-state index is 6.77. The Bertz CT molecular complexity index is 4870. The van der Waals surface area contributed by atoms with Gasteiger partial charge in [0.1, 0.15) is 11.2 Å². The first-order valence-corrected chi connectivity index (χ1v) is 30.8. The molecule has 2 aromatic heterocycles. The highest BCUT2D eigenvalue weighted by atomic mass is 16.3. The molecule has 0 spiro atoms. The van der Waals surface area contributed by atoms with Gasteiger partial charge in [-0.05, 0) is 167 Å². The van der Waals surface area contributed by atoms with E-state index in [2.05, 4.69) is 314 Å². The van der Waals surface area contributed by atoms with Crippen molar-refractivity contribution < 1.29 is 4.42 Å². The molecular weight excluding hydrogens is 1040 g/mol. The van der Waals surface area contributed by atoms with Crippen molar-refractivity contribution in [1.29, 1.82) is 0 Å². The average molecular weight is 1110 g/mol. The van der Waals surface area contributed by atoms with E-state index in [1.807, 2.05) is 0 Å². The van der Waals surface area contributed by atoms with Gasteiger partial charge < -0.3 is 18.8 Å². The minimum Gasteiger partial charge on any atom is -0.456 e. The second kappa shape index (κ2) is 18.6. The summed E-state index contributed by atoms with van der Waals surface area (Å²) in [5.74, 6) is 0. The Hall–Kier alpha value is -9.32. The van der Waals surface area contributed by atoms with E-state index in [4.69, 9.17) is 4.42 Å². The van der Waals surface area contributed by atoms with Gasteiger partial charge in [0, 0.05) is 61.7 Å². The highest BCUT2D eigenvalue weighted by molar-refractivity contribution is 7.00. The van der Waals surface area contributed by atoms with E-state index in [-0.39, 0.29) is 28.4 Å². The van der Waals surface area contributed by atoms with E-state index in [0.717, 1.165) is 62.5 Å². The monoisotopic (exact) mass is 1110 g/mol. The summed E-state index contributed by atoms with van der Waals surface area (Å²) in [6.07, 6.45) is 1.14. The first kappa shape index (κ1) is 52.3. The van der Waals surface area contributed by atoms with E-state index in [9.17, 15) is 0 Å². The van der Waals surface area contributed by atoms with Crippen LogP contribution in [0.3, 0.4) is 0 Å². The lowest BCUT2D eigenvalue weighted by atomic mass is 9.33. The van der Waals surface area contributed by atoms with E-state index < -0.39 is 0 Å². The normalized spacial score (nSPS) is 14.9. The Morgan fingerprint density at radius 3 is 1.36 bits per heavy atom. The molecule has 86 heavy (non-hydrogen) atoms. The van der Waals surface area contributed by atoms with Crippen molar-refractivity contribution in [3.05, 3.63) is 253 Å². The lowest BCUT2D eigenvalue weighted by Crippen LogP contribution is -2.61. The number of rotatable bonds is 6. The first-order chi connectivity index (χ1) is 41.4. The maximum atomic E-state index is 6.77. The standard InChI is InChI=1S/C81H70BN3O/c1-78(2,3)56-32-23-50(24-33-56)54-30-41-71-67(44-54)82-68-45-55(51-25-34-57(35-26-51)79(4,5)6)31-42-72(68)84(59-38-39-64-63-19-13-16-22-75(63)86-76(64)48-59)74-47-60(85-69-20-14-11-17-61(69)62-18-12-15-21-70(62)85)46-73(77(74)82)83(71)58-36-27-52(28-37-58)53-29-40-65-66(43-53)81(9,10)49-80(65,7)8/h11-48H,49H2,1-10H3. The molecule has 0 radical (unpaired) electrons. The van der Waals surface area contributed by atoms with Gasteiger partial charge in [0.15, 0.2) is 0 Å².